The van der Waals surface area contributed by atoms with Crippen molar-refractivity contribution < 1.29 is 28.1 Å². The minimum atomic E-state index is -0.830. The lowest BCUT2D eigenvalue weighted by atomic mass is 10.1. The monoisotopic (exact) mass is 438 g/mol. The molecule has 4 rings (SSSR count). The highest BCUT2D eigenvalue weighted by Crippen LogP contribution is 2.35. The third-order valence-corrected chi connectivity index (χ3v) is 4.77. The molecule has 0 radical (unpaired) electrons. The number of carbonyl (C=O) groups is 1. The van der Waals surface area contributed by atoms with Crippen LogP contribution in [0.1, 0.15) is 25.0 Å². The number of ether oxygens (including phenoxy) is 4. The van der Waals surface area contributed by atoms with Crippen LogP contribution in [-0.4, -0.2) is 29.3 Å². The predicted molar refractivity (Wildman–Crippen MR) is 117 cm³/mol. The number of nitrogens with zero attached hydrogens (tertiary/aromatic N) is 1. The van der Waals surface area contributed by atoms with Gasteiger partial charge < -0.3 is 23.9 Å². The van der Waals surface area contributed by atoms with Crippen molar-refractivity contribution in [3.8, 4) is 11.6 Å². The third-order valence-electron chi connectivity index (χ3n) is 4.77. The minimum Gasteiger partial charge on any atom is -0.489 e. The summed E-state index contributed by atoms with van der Waals surface area (Å²) in [6.45, 7) is 3.88. The average molecular weight is 438 g/mol. The molecule has 0 saturated carbocycles. The van der Waals surface area contributed by atoms with E-state index < -0.39 is 6.16 Å². The van der Waals surface area contributed by atoms with Gasteiger partial charge in [0.2, 0.25) is 5.88 Å². The van der Waals surface area contributed by atoms with E-state index in [4.69, 9.17) is 18.9 Å². The summed E-state index contributed by atoms with van der Waals surface area (Å²) in [6, 6.07) is 11.9. The molecule has 32 heavy (non-hydrogen) atoms. The van der Waals surface area contributed by atoms with Crippen LogP contribution < -0.4 is 9.47 Å². The fourth-order valence-electron chi connectivity index (χ4n) is 3.47. The number of methoxy groups -OCH3 is 1. The molecule has 0 unspecified atom stereocenters. The quantitative estimate of drug-likeness (QED) is 0.384. The van der Waals surface area contributed by atoms with Gasteiger partial charge in [-0.25, -0.2) is 14.2 Å². The number of pyridine rings is 1. The average Bonchev–Trinajstić information content (AvgIpc) is 3.11. The summed E-state index contributed by atoms with van der Waals surface area (Å²) in [7, 11) is 1.55. The van der Waals surface area contributed by atoms with Gasteiger partial charge in [-0.1, -0.05) is 12.1 Å². The van der Waals surface area contributed by atoms with Gasteiger partial charge in [-0.2, -0.15) is 0 Å². The van der Waals surface area contributed by atoms with Gasteiger partial charge in [0.25, 0.3) is 0 Å². The second kappa shape index (κ2) is 9.23. The van der Waals surface area contributed by atoms with Gasteiger partial charge >= 0.3 is 6.16 Å². The molecule has 4 aromatic rings. The van der Waals surface area contributed by atoms with Crippen molar-refractivity contribution >= 4 is 28.0 Å². The van der Waals surface area contributed by atoms with E-state index in [0.717, 1.165) is 27.4 Å². The first kappa shape index (κ1) is 21.6. The molecule has 0 spiro atoms. The number of rotatable bonds is 7. The number of fused-ring (bicyclic) bond motifs is 3. The van der Waals surface area contributed by atoms with Crippen LogP contribution in [0.3, 0.4) is 0 Å². The summed E-state index contributed by atoms with van der Waals surface area (Å²) in [5, 5.41) is 1.66. The Labute approximate surface area is 184 Å². The topological polar surface area (TPSA) is 82.7 Å². The lowest BCUT2D eigenvalue weighted by molar-refractivity contribution is 0.0705. The Bertz CT molecular complexity index is 1270. The van der Waals surface area contributed by atoms with E-state index in [2.05, 4.69) is 9.97 Å². The van der Waals surface area contributed by atoms with Crippen molar-refractivity contribution in [2.45, 2.75) is 33.2 Å². The van der Waals surface area contributed by atoms with Crippen LogP contribution >= 0.6 is 0 Å². The molecular weight excluding hydrogens is 415 g/mol. The lowest BCUT2D eigenvalue weighted by Crippen LogP contribution is -2.17. The number of benzene rings is 2. The Kier molecular flexibility index (Phi) is 6.23. The van der Waals surface area contributed by atoms with E-state index in [1.54, 1.807) is 39.3 Å². The van der Waals surface area contributed by atoms with E-state index in [1.165, 1.54) is 12.1 Å². The Morgan fingerprint density at radius 3 is 2.72 bits per heavy atom. The number of halogens is 1. The van der Waals surface area contributed by atoms with Gasteiger partial charge in [0.15, 0.2) is 0 Å². The molecule has 0 amide bonds. The number of aromatic nitrogens is 2. The molecule has 0 aliphatic heterocycles. The van der Waals surface area contributed by atoms with Gasteiger partial charge in [0, 0.05) is 23.4 Å². The van der Waals surface area contributed by atoms with Crippen molar-refractivity contribution in [1.29, 1.82) is 0 Å². The second-order valence-electron chi connectivity index (χ2n) is 7.53. The van der Waals surface area contributed by atoms with Crippen molar-refractivity contribution in [3.63, 3.8) is 0 Å². The Morgan fingerprint density at radius 2 is 1.97 bits per heavy atom. The normalized spacial score (nSPS) is 11.3. The number of nitrogens with one attached hydrogen (secondary N) is 1. The molecule has 2 aromatic carbocycles. The van der Waals surface area contributed by atoms with Crippen molar-refractivity contribution in [3.05, 3.63) is 65.6 Å². The van der Waals surface area contributed by atoms with Crippen LogP contribution in [0, 0.1) is 5.82 Å². The van der Waals surface area contributed by atoms with Crippen LogP contribution in [0.4, 0.5) is 9.18 Å². The molecule has 2 aromatic heterocycles. The highest BCUT2D eigenvalue weighted by atomic mass is 19.1. The summed E-state index contributed by atoms with van der Waals surface area (Å²) in [6.07, 6.45) is 0.450. The SMILES string of the molecule is COCc1c(OC(=O)OC(C)C)ncc2[nH]c3ccc(OCc4cccc(F)c4)cc3c12. The van der Waals surface area contributed by atoms with Gasteiger partial charge in [0.05, 0.1) is 30.0 Å². The summed E-state index contributed by atoms with van der Waals surface area (Å²) >= 11 is 0. The molecule has 0 atom stereocenters. The largest absolute Gasteiger partial charge is 0.515 e. The van der Waals surface area contributed by atoms with Crippen LogP contribution in [0.5, 0.6) is 11.6 Å². The van der Waals surface area contributed by atoms with Crippen molar-refractivity contribution in [2.75, 3.05) is 7.11 Å². The van der Waals surface area contributed by atoms with Crippen LogP contribution in [0.2, 0.25) is 0 Å². The summed E-state index contributed by atoms with van der Waals surface area (Å²) in [5.41, 5.74) is 2.96. The third kappa shape index (κ3) is 4.65. The highest BCUT2D eigenvalue weighted by molar-refractivity contribution is 6.09. The van der Waals surface area contributed by atoms with Crippen LogP contribution in [0.25, 0.3) is 21.8 Å². The summed E-state index contributed by atoms with van der Waals surface area (Å²) in [4.78, 5) is 19.6. The highest BCUT2D eigenvalue weighted by Gasteiger charge is 2.19. The predicted octanol–water partition coefficient (Wildman–Crippen LogP) is 5.50. The number of carbonyl (C=O) groups excluding carboxylic acids is 1. The Balaban J connectivity index is 1.71. The van der Waals surface area contributed by atoms with E-state index in [0.29, 0.717) is 11.3 Å². The maximum atomic E-state index is 13.4. The molecule has 0 aliphatic carbocycles. The Morgan fingerprint density at radius 1 is 1.12 bits per heavy atom. The molecule has 2 heterocycles. The number of hydrogen-bond donors (Lipinski definition) is 1. The number of aromatic amines is 1. The van der Waals surface area contributed by atoms with E-state index >= 15 is 0 Å². The molecule has 1 N–H and O–H groups in total. The number of hydrogen-bond acceptors (Lipinski definition) is 6. The summed E-state index contributed by atoms with van der Waals surface area (Å²) < 4.78 is 35.1. The molecular formula is C24H23FN2O5. The maximum Gasteiger partial charge on any atom is 0.515 e. The first-order valence-corrected chi connectivity index (χ1v) is 10.1. The zero-order chi connectivity index (χ0) is 22.7. The van der Waals surface area contributed by atoms with Gasteiger partial charge in [-0.05, 0) is 49.7 Å². The minimum absolute atomic E-state index is 0.122. The number of H-pyrrole nitrogens is 1. The van der Waals surface area contributed by atoms with Crippen LogP contribution in [-0.2, 0) is 22.7 Å². The first-order valence-electron chi connectivity index (χ1n) is 10.1. The lowest BCUT2D eigenvalue weighted by Gasteiger charge is -2.12. The van der Waals surface area contributed by atoms with E-state index in [1.807, 2.05) is 18.2 Å². The van der Waals surface area contributed by atoms with Crippen molar-refractivity contribution in [1.82, 2.24) is 9.97 Å². The smallest absolute Gasteiger partial charge is 0.489 e. The fraction of sp³-hybridized carbons (Fsp3) is 0.250. The van der Waals surface area contributed by atoms with Crippen molar-refractivity contribution in [2.24, 2.45) is 0 Å². The molecule has 0 fully saturated rings. The van der Waals surface area contributed by atoms with E-state index in [9.17, 15) is 9.18 Å². The molecule has 8 heteroatoms. The second-order valence-corrected chi connectivity index (χ2v) is 7.53. The standard InChI is InChI=1S/C24H23FN2O5/c1-14(2)31-24(28)32-23-19(13-29-3)22-18-10-17(7-8-20(18)27-21(22)11-26-23)30-12-15-5-4-6-16(25)9-15/h4-11,14,27H,12-13H2,1-3H3. The molecule has 0 saturated heterocycles. The van der Waals surface area contributed by atoms with Crippen LogP contribution in [0.15, 0.2) is 48.7 Å². The molecule has 7 nitrogen and oxygen atoms in total. The maximum absolute atomic E-state index is 13.4. The molecule has 0 bridgehead atoms. The van der Waals surface area contributed by atoms with E-state index in [-0.39, 0.29) is 31.0 Å². The summed E-state index contributed by atoms with van der Waals surface area (Å²) in [5.74, 6) is 0.430. The van der Waals surface area contributed by atoms with Gasteiger partial charge in [-0.15, -0.1) is 0 Å². The first-order chi connectivity index (χ1) is 15.4. The fourth-order valence-corrected chi connectivity index (χ4v) is 3.47. The zero-order valence-corrected chi connectivity index (χ0v) is 18.0. The zero-order valence-electron chi connectivity index (χ0n) is 18.0. The molecule has 166 valence electrons. The van der Waals surface area contributed by atoms with Gasteiger partial charge in [0.1, 0.15) is 18.2 Å². The molecule has 0 aliphatic rings. The van der Waals surface area contributed by atoms with Gasteiger partial charge in [-0.3, -0.25) is 0 Å². The Hall–Kier alpha value is -3.65.